The summed E-state index contributed by atoms with van der Waals surface area (Å²) in [5, 5.41) is 0.816. The summed E-state index contributed by atoms with van der Waals surface area (Å²) in [7, 11) is 4.78. The number of nitrogens with zero attached hydrogens (tertiary/aromatic N) is 2. The van der Waals surface area contributed by atoms with Gasteiger partial charge in [0.1, 0.15) is 16.8 Å². The second-order valence-electron chi connectivity index (χ2n) is 6.13. The number of aromatic amines is 1. The van der Waals surface area contributed by atoms with E-state index in [1.807, 2.05) is 36.4 Å². The predicted molar refractivity (Wildman–Crippen MR) is 103 cm³/mol. The number of benzene rings is 2. The van der Waals surface area contributed by atoms with E-state index in [-0.39, 0.29) is 5.56 Å². The van der Waals surface area contributed by atoms with E-state index in [0.717, 1.165) is 22.2 Å². The minimum absolute atomic E-state index is 0.134. The number of methoxy groups -OCH3 is 3. The Labute approximate surface area is 155 Å². The van der Waals surface area contributed by atoms with Crippen LogP contribution in [0.15, 0.2) is 47.5 Å². The third-order valence-corrected chi connectivity index (χ3v) is 4.59. The molecule has 0 atom stereocenters. The molecule has 0 bridgehead atoms. The van der Waals surface area contributed by atoms with E-state index in [2.05, 4.69) is 9.97 Å². The first-order valence-electron chi connectivity index (χ1n) is 8.40. The summed E-state index contributed by atoms with van der Waals surface area (Å²) in [6, 6.07) is 11.2. The molecule has 4 aromatic rings. The molecule has 0 aliphatic carbocycles. The summed E-state index contributed by atoms with van der Waals surface area (Å²) >= 11 is 0. The molecule has 0 aliphatic rings. The van der Waals surface area contributed by atoms with Gasteiger partial charge in [-0.15, -0.1) is 0 Å². The molecule has 0 radical (unpaired) electrons. The molecule has 7 nitrogen and oxygen atoms in total. The van der Waals surface area contributed by atoms with Gasteiger partial charge in [-0.3, -0.25) is 9.36 Å². The second kappa shape index (κ2) is 6.68. The molecule has 0 spiro atoms. The molecule has 4 rings (SSSR count). The molecule has 0 unspecified atom stereocenters. The Balaban J connectivity index is 1.81. The highest BCUT2D eigenvalue weighted by Crippen LogP contribution is 2.34. The third kappa shape index (κ3) is 2.87. The Morgan fingerprint density at radius 3 is 2.37 bits per heavy atom. The summed E-state index contributed by atoms with van der Waals surface area (Å²) in [5.74, 6) is 1.96. The molecular formula is C20H19N3O4. The molecule has 1 N–H and O–H groups in total. The van der Waals surface area contributed by atoms with E-state index < -0.39 is 0 Å². The fourth-order valence-electron chi connectivity index (χ4n) is 3.16. The average molecular weight is 365 g/mol. The number of hydrogen-bond acceptors (Lipinski definition) is 5. The van der Waals surface area contributed by atoms with Gasteiger partial charge in [0.15, 0.2) is 11.5 Å². The lowest BCUT2D eigenvalue weighted by atomic mass is 10.2. The van der Waals surface area contributed by atoms with Crippen LogP contribution in [0.4, 0.5) is 0 Å². The van der Waals surface area contributed by atoms with Crippen LogP contribution in [0.3, 0.4) is 0 Å². The molecule has 2 aromatic heterocycles. The van der Waals surface area contributed by atoms with Crippen molar-refractivity contribution in [2.24, 2.45) is 0 Å². The van der Waals surface area contributed by atoms with Gasteiger partial charge in [-0.2, -0.15) is 0 Å². The van der Waals surface area contributed by atoms with E-state index >= 15 is 0 Å². The van der Waals surface area contributed by atoms with Crippen molar-refractivity contribution >= 4 is 21.9 Å². The molecule has 0 aliphatic heterocycles. The lowest BCUT2D eigenvalue weighted by molar-refractivity contribution is 0.356. The fourth-order valence-corrected chi connectivity index (χ4v) is 3.16. The fraction of sp³-hybridized carbons (Fsp3) is 0.200. The molecule has 27 heavy (non-hydrogen) atoms. The summed E-state index contributed by atoms with van der Waals surface area (Å²) in [4.78, 5) is 20.6. The highest BCUT2D eigenvalue weighted by Gasteiger charge is 2.15. The summed E-state index contributed by atoms with van der Waals surface area (Å²) in [6.45, 7) is 0.424. The summed E-state index contributed by atoms with van der Waals surface area (Å²) < 4.78 is 17.4. The number of hydrogen-bond donors (Lipinski definition) is 1. The van der Waals surface area contributed by atoms with Crippen LogP contribution >= 0.6 is 0 Å². The Hall–Kier alpha value is -3.48. The molecule has 0 fully saturated rings. The van der Waals surface area contributed by atoms with Crippen molar-refractivity contribution in [1.29, 1.82) is 0 Å². The van der Waals surface area contributed by atoms with Gasteiger partial charge in [-0.25, -0.2) is 4.98 Å². The van der Waals surface area contributed by atoms with Gasteiger partial charge < -0.3 is 19.2 Å². The molecule has 7 heteroatoms. The number of ether oxygens (including phenoxy) is 3. The van der Waals surface area contributed by atoms with Crippen molar-refractivity contribution in [2.45, 2.75) is 6.54 Å². The monoisotopic (exact) mass is 365 g/mol. The third-order valence-electron chi connectivity index (χ3n) is 4.59. The van der Waals surface area contributed by atoms with E-state index in [1.165, 1.54) is 0 Å². The average Bonchev–Trinajstić information content (AvgIpc) is 3.07. The van der Waals surface area contributed by atoms with Crippen LogP contribution in [0.2, 0.25) is 0 Å². The molecule has 2 aromatic carbocycles. The zero-order valence-corrected chi connectivity index (χ0v) is 15.3. The van der Waals surface area contributed by atoms with Crippen LogP contribution in [0.1, 0.15) is 5.56 Å². The number of aromatic nitrogens is 3. The predicted octanol–water partition coefficient (Wildman–Crippen LogP) is 2.95. The van der Waals surface area contributed by atoms with Crippen LogP contribution < -0.4 is 19.8 Å². The summed E-state index contributed by atoms with van der Waals surface area (Å²) in [5.41, 5.74) is 2.69. The van der Waals surface area contributed by atoms with Gasteiger partial charge in [0.05, 0.1) is 39.7 Å². The minimum atomic E-state index is -0.134. The molecule has 0 saturated carbocycles. The van der Waals surface area contributed by atoms with E-state index in [9.17, 15) is 4.79 Å². The Morgan fingerprint density at radius 2 is 1.70 bits per heavy atom. The van der Waals surface area contributed by atoms with Gasteiger partial charge in [0.25, 0.3) is 5.56 Å². The van der Waals surface area contributed by atoms with Crippen molar-refractivity contribution < 1.29 is 14.2 Å². The van der Waals surface area contributed by atoms with Gasteiger partial charge >= 0.3 is 0 Å². The molecule has 138 valence electrons. The van der Waals surface area contributed by atoms with Crippen molar-refractivity contribution in [3.8, 4) is 17.2 Å². The van der Waals surface area contributed by atoms with Crippen LogP contribution in [-0.2, 0) is 6.54 Å². The first-order valence-corrected chi connectivity index (χ1v) is 8.40. The van der Waals surface area contributed by atoms with Crippen LogP contribution in [-0.4, -0.2) is 35.9 Å². The maximum absolute atomic E-state index is 12.9. The highest BCUT2D eigenvalue weighted by atomic mass is 16.5. The standard InChI is InChI=1S/C20H19N3O4/c1-25-13-6-4-12(5-7-13)10-23-11-21-18-14-8-16(26-2)17(27-3)9-15(14)22-19(18)20(23)24/h4-9,11,22H,10H2,1-3H3. The maximum Gasteiger partial charge on any atom is 0.277 e. The van der Waals surface area contributed by atoms with Crippen molar-refractivity contribution in [1.82, 2.24) is 14.5 Å². The lowest BCUT2D eigenvalue weighted by Gasteiger charge is -2.07. The van der Waals surface area contributed by atoms with Crippen molar-refractivity contribution in [3.63, 3.8) is 0 Å². The van der Waals surface area contributed by atoms with Crippen molar-refractivity contribution in [3.05, 3.63) is 58.6 Å². The molecule has 0 saturated heterocycles. The first kappa shape index (κ1) is 17.0. The molecule has 0 amide bonds. The van der Waals surface area contributed by atoms with Crippen LogP contribution in [0.25, 0.3) is 21.9 Å². The Morgan fingerprint density at radius 1 is 1.00 bits per heavy atom. The first-order chi connectivity index (χ1) is 13.1. The number of H-pyrrole nitrogens is 1. The largest absolute Gasteiger partial charge is 0.497 e. The second-order valence-corrected chi connectivity index (χ2v) is 6.13. The molecule has 2 heterocycles. The highest BCUT2D eigenvalue weighted by molar-refractivity contribution is 6.05. The zero-order valence-electron chi connectivity index (χ0n) is 15.3. The van der Waals surface area contributed by atoms with Crippen molar-refractivity contribution in [2.75, 3.05) is 21.3 Å². The Bertz CT molecular complexity index is 1180. The minimum Gasteiger partial charge on any atom is -0.497 e. The summed E-state index contributed by atoms with van der Waals surface area (Å²) in [6.07, 6.45) is 1.57. The number of fused-ring (bicyclic) bond motifs is 3. The molecular weight excluding hydrogens is 346 g/mol. The SMILES string of the molecule is COc1ccc(Cn2cnc3c([nH]c4cc(OC)c(OC)cc43)c2=O)cc1. The smallest absolute Gasteiger partial charge is 0.277 e. The quantitative estimate of drug-likeness (QED) is 0.588. The van der Waals surface area contributed by atoms with Crippen LogP contribution in [0, 0.1) is 0 Å². The van der Waals surface area contributed by atoms with E-state index in [1.54, 1.807) is 32.2 Å². The van der Waals surface area contributed by atoms with E-state index in [0.29, 0.717) is 29.1 Å². The number of rotatable bonds is 5. The lowest BCUT2D eigenvalue weighted by Crippen LogP contribution is -2.21. The maximum atomic E-state index is 12.9. The number of nitrogens with one attached hydrogen (secondary N) is 1. The normalized spacial score (nSPS) is 11.1. The zero-order chi connectivity index (χ0) is 19.0. The van der Waals surface area contributed by atoms with Gasteiger partial charge in [0, 0.05) is 11.5 Å². The van der Waals surface area contributed by atoms with Gasteiger partial charge in [-0.1, -0.05) is 12.1 Å². The Kier molecular flexibility index (Phi) is 4.19. The van der Waals surface area contributed by atoms with Crippen LogP contribution in [0.5, 0.6) is 17.2 Å². The topological polar surface area (TPSA) is 78.4 Å². The van der Waals surface area contributed by atoms with E-state index in [4.69, 9.17) is 14.2 Å². The van der Waals surface area contributed by atoms with Gasteiger partial charge in [0.2, 0.25) is 0 Å². The van der Waals surface area contributed by atoms with Gasteiger partial charge in [-0.05, 0) is 23.8 Å².